The van der Waals surface area contributed by atoms with Crippen molar-refractivity contribution in [3.63, 3.8) is 0 Å². The maximum Gasteiger partial charge on any atom is 0.416 e. The Morgan fingerprint density at radius 1 is 1.17 bits per heavy atom. The second-order valence-corrected chi connectivity index (χ2v) is 7.62. The van der Waals surface area contributed by atoms with Crippen molar-refractivity contribution in [3.05, 3.63) is 29.8 Å². The van der Waals surface area contributed by atoms with Crippen molar-refractivity contribution in [3.8, 4) is 0 Å². The monoisotopic (exact) mass is 350 g/mol. The molecule has 3 N–H and O–H groups in total. The Morgan fingerprint density at radius 3 is 2.22 bits per heavy atom. The summed E-state index contributed by atoms with van der Waals surface area (Å²) in [7, 11) is -2.83. The van der Waals surface area contributed by atoms with E-state index in [0.29, 0.717) is 18.2 Å². The summed E-state index contributed by atoms with van der Waals surface area (Å²) in [6, 6.07) is 5.01. The molecule has 0 saturated heterocycles. The van der Waals surface area contributed by atoms with E-state index in [1.54, 1.807) is 0 Å². The highest BCUT2D eigenvalue weighted by atomic mass is 32.3. The van der Waals surface area contributed by atoms with Crippen LogP contribution in [0.2, 0.25) is 0 Å². The van der Waals surface area contributed by atoms with Crippen LogP contribution < -0.4 is 5.32 Å². The summed E-state index contributed by atoms with van der Waals surface area (Å²) in [4.78, 5) is 0. The Labute approximate surface area is 135 Å². The molecule has 0 spiro atoms. The Balaban J connectivity index is 1.81. The standard InChI is InChI=1S/C15H21F3N2O2S/c1-23(21,22)20-14-6-2-11(3-7-14)10-19-13-8-4-12(5-9-13)15(16,17)18/h4-5,8-9,11,19,21-22H,2-3,6-7,10H2,1H3. The van der Waals surface area contributed by atoms with Gasteiger partial charge in [0, 0.05) is 24.2 Å². The molecule has 1 aliphatic carbocycles. The van der Waals surface area contributed by atoms with Crippen molar-refractivity contribution < 1.29 is 22.3 Å². The zero-order chi connectivity index (χ0) is 17.1. The summed E-state index contributed by atoms with van der Waals surface area (Å²) >= 11 is 0. The van der Waals surface area contributed by atoms with Crippen LogP contribution in [0.3, 0.4) is 0 Å². The molecule has 130 valence electrons. The van der Waals surface area contributed by atoms with Crippen LogP contribution in [0, 0.1) is 5.92 Å². The molecule has 0 atom stereocenters. The predicted octanol–water partition coefficient (Wildman–Crippen LogP) is 5.04. The van der Waals surface area contributed by atoms with Crippen LogP contribution in [-0.2, 0) is 6.18 Å². The molecule has 1 aromatic rings. The minimum atomic E-state index is -4.31. The van der Waals surface area contributed by atoms with Crippen LogP contribution in [0.5, 0.6) is 0 Å². The Bertz CT molecular complexity index is 543. The molecule has 23 heavy (non-hydrogen) atoms. The lowest BCUT2D eigenvalue weighted by Crippen LogP contribution is -2.21. The van der Waals surface area contributed by atoms with Crippen LogP contribution in [0.4, 0.5) is 18.9 Å². The van der Waals surface area contributed by atoms with Gasteiger partial charge in [-0.15, -0.1) is 10.8 Å². The summed E-state index contributed by atoms with van der Waals surface area (Å²) in [6.07, 6.45) is 0.196. The van der Waals surface area contributed by atoms with E-state index in [4.69, 9.17) is 0 Å². The van der Waals surface area contributed by atoms with Gasteiger partial charge in [0.1, 0.15) is 0 Å². The van der Waals surface area contributed by atoms with Crippen molar-refractivity contribution in [1.82, 2.24) is 0 Å². The minimum Gasteiger partial charge on any atom is -0.385 e. The number of benzene rings is 1. The predicted molar refractivity (Wildman–Crippen MR) is 88.1 cm³/mol. The normalized spacial score (nSPS) is 20.3. The van der Waals surface area contributed by atoms with Crippen molar-refractivity contribution in [2.75, 3.05) is 18.1 Å². The molecule has 4 nitrogen and oxygen atoms in total. The molecule has 0 bridgehead atoms. The van der Waals surface area contributed by atoms with Gasteiger partial charge in [-0.3, -0.25) is 9.11 Å². The summed E-state index contributed by atoms with van der Waals surface area (Å²) in [6.45, 7) is 0.682. The number of hydrogen-bond donors (Lipinski definition) is 3. The molecule has 0 heterocycles. The maximum atomic E-state index is 12.5. The van der Waals surface area contributed by atoms with Gasteiger partial charge in [0.2, 0.25) is 0 Å². The van der Waals surface area contributed by atoms with Gasteiger partial charge in [0.15, 0.2) is 0 Å². The lowest BCUT2D eigenvalue weighted by molar-refractivity contribution is -0.137. The number of nitrogens with zero attached hydrogens (tertiary/aromatic N) is 1. The highest BCUT2D eigenvalue weighted by Crippen LogP contribution is 2.37. The lowest BCUT2D eigenvalue weighted by atomic mass is 9.88. The van der Waals surface area contributed by atoms with Crippen LogP contribution in [0.15, 0.2) is 28.7 Å². The molecule has 0 unspecified atom stereocenters. The van der Waals surface area contributed by atoms with Crippen LogP contribution >= 0.6 is 10.8 Å². The van der Waals surface area contributed by atoms with Crippen LogP contribution in [0.25, 0.3) is 0 Å². The lowest BCUT2D eigenvalue weighted by Gasteiger charge is -2.27. The van der Waals surface area contributed by atoms with E-state index in [0.717, 1.165) is 43.5 Å². The molecular formula is C15H21F3N2O2S. The smallest absolute Gasteiger partial charge is 0.385 e. The van der Waals surface area contributed by atoms with Gasteiger partial charge in [-0.25, -0.2) is 0 Å². The molecule has 8 heteroatoms. The Kier molecular flexibility index (Phi) is 5.59. The van der Waals surface area contributed by atoms with E-state index >= 15 is 0 Å². The summed E-state index contributed by atoms with van der Waals surface area (Å²) in [5, 5.41) is 3.16. The van der Waals surface area contributed by atoms with Gasteiger partial charge < -0.3 is 5.32 Å². The third-order valence-electron chi connectivity index (χ3n) is 3.79. The van der Waals surface area contributed by atoms with E-state index in [1.807, 2.05) is 0 Å². The second kappa shape index (κ2) is 7.11. The number of nitrogens with one attached hydrogen (secondary N) is 1. The molecule has 1 aromatic carbocycles. The minimum absolute atomic E-state index is 0.398. The highest BCUT2D eigenvalue weighted by Gasteiger charge is 2.30. The Morgan fingerprint density at radius 2 is 1.74 bits per heavy atom. The maximum absolute atomic E-state index is 12.5. The number of alkyl halides is 3. The molecule has 0 aromatic heterocycles. The first-order chi connectivity index (χ1) is 10.6. The summed E-state index contributed by atoms with van der Waals surface area (Å²) < 4.78 is 60.0. The fraction of sp³-hybridized carbons (Fsp3) is 0.533. The van der Waals surface area contributed by atoms with Gasteiger partial charge in [0.25, 0.3) is 0 Å². The van der Waals surface area contributed by atoms with Crippen molar-refractivity contribution >= 4 is 22.2 Å². The highest BCUT2D eigenvalue weighted by molar-refractivity contribution is 8.22. The molecular weight excluding hydrogens is 329 g/mol. The first-order valence-electron chi connectivity index (χ1n) is 7.35. The average Bonchev–Trinajstić information content (AvgIpc) is 2.44. The van der Waals surface area contributed by atoms with E-state index < -0.39 is 22.5 Å². The number of halogens is 3. The van der Waals surface area contributed by atoms with Gasteiger partial charge in [-0.2, -0.15) is 17.6 Å². The van der Waals surface area contributed by atoms with Crippen molar-refractivity contribution in [1.29, 1.82) is 0 Å². The van der Waals surface area contributed by atoms with E-state index in [-0.39, 0.29) is 0 Å². The summed E-state index contributed by atoms with van der Waals surface area (Å²) in [5.74, 6) is 0.398. The molecule has 1 aliphatic rings. The third kappa shape index (κ3) is 6.04. The third-order valence-corrected chi connectivity index (χ3v) is 4.40. The van der Waals surface area contributed by atoms with Gasteiger partial charge >= 0.3 is 6.18 Å². The molecule has 1 fully saturated rings. The number of rotatable bonds is 4. The van der Waals surface area contributed by atoms with E-state index in [2.05, 4.69) is 9.71 Å². The quantitative estimate of drug-likeness (QED) is 0.712. The molecule has 1 saturated carbocycles. The zero-order valence-corrected chi connectivity index (χ0v) is 13.6. The SMILES string of the molecule is CS(O)(O)N=C1CCC(CNc2ccc(C(F)(F)F)cc2)CC1. The van der Waals surface area contributed by atoms with E-state index in [9.17, 15) is 22.3 Å². The fourth-order valence-corrected chi connectivity index (χ4v) is 3.26. The molecule has 0 radical (unpaired) electrons. The van der Waals surface area contributed by atoms with Crippen LogP contribution in [-0.4, -0.2) is 27.6 Å². The molecule has 0 amide bonds. The van der Waals surface area contributed by atoms with Crippen molar-refractivity contribution in [2.45, 2.75) is 31.9 Å². The van der Waals surface area contributed by atoms with Gasteiger partial charge in [0.05, 0.1) is 5.56 Å². The number of anilines is 1. The summed E-state index contributed by atoms with van der Waals surface area (Å²) in [5.41, 5.74) is 0.846. The van der Waals surface area contributed by atoms with E-state index in [1.165, 1.54) is 18.4 Å². The first-order valence-corrected chi connectivity index (χ1v) is 9.27. The Hall–Kier alpha value is -1.25. The fourth-order valence-electron chi connectivity index (χ4n) is 2.59. The topological polar surface area (TPSA) is 64.8 Å². The average molecular weight is 350 g/mol. The molecule has 2 rings (SSSR count). The second-order valence-electron chi connectivity index (χ2n) is 5.85. The van der Waals surface area contributed by atoms with Gasteiger partial charge in [-0.1, -0.05) is 0 Å². The molecule has 0 aliphatic heterocycles. The first kappa shape index (κ1) is 18.1. The largest absolute Gasteiger partial charge is 0.416 e. The number of hydrogen-bond acceptors (Lipinski definition) is 4. The van der Waals surface area contributed by atoms with Gasteiger partial charge in [-0.05, 0) is 55.9 Å². The zero-order valence-electron chi connectivity index (χ0n) is 12.8. The van der Waals surface area contributed by atoms with Crippen LogP contribution in [0.1, 0.15) is 31.2 Å². The van der Waals surface area contributed by atoms with Crippen molar-refractivity contribution in [2.24, 2.45) is 10.3 Å².